The molecule has 0 unspecified atom stereocenters. The zero-order chi connectivity index (χ0) is 13.0. The average Bonchev–Trinajstić information content (AvgIpc) is 2.69. The van der Waals surface area contributed by atoms with Gasteiger partial charge in [0.15, 0.2) is 0 Å². The lowest BCUT2D eigenvalue weighted by atomic mass is 9.66. The van der Waals surface area contributed by atoms with E-state index in [9.17, 15) is 9.90 Å². The molecule has 0 radical (unpaired) electrons. The number of carbonyl (C=O) groups is 1. The summed E-state index contributed by atoms with van der Waals surface area (Å²) in [5, 5.41) is 11.2. The molecule has 0 bridgehead atoms. The fraction of sp³-hybridized carbons (Fsp3) is 0.800. The molecule has 2 saturated carbocycles. The first kappa shape index (κ1) is 11.0. The lowest BCUT2D eigenvalue weighted by Gasteiger charge is -2.41. The van der Waals surface area contributed by atoms with Crippen molar-refractivity contribution < 1.29 is 14.6 Å². The number of hydrogen-bond acceptors (Lipinski definition) is 3. The molecule has 3 heteroatoms. The summed E-state index contributed by atoms with van der Waals surface area (Å²) in [5.41, 5.74) is -0.188. The highest BCUT2D eigenvalue weighted by atomic mass is 16.5. The van der Waals surface area contributed by atoms with Crippen molar-refractivity contribution >= 4 is 5.97 Å². The number of esters is 1. The van der Waals surface area contributed by atoms with E-state index in [0.29, 0.717) is 6.61 Å². The van der Waals surface area contributed by atoms with Crippen molar-refractivity contribution in [2.75, 3.05) is 6.61 Å². The standard InChI is InChI=1S/C15H20O3/c1-12(2)5-9-4-10-6-18-11(16)14(10)8-13(14,3)15(9,17)7-12/h4,9,17H,5-8H2,1-3H3/t9-,13+,14+,15-/m1/s1. The highest BCUT2D eigenvalue weighted by molar-refractivity contribution is 5.90. The van der Waals surface area contributed by atoms with Crippen LogP contribution in [0.1, 0.15) is 40.0 Å². The quantitative estimate of drug-likeness (QED) is 0.527. The second-order valence-corrected chi connectivity index (χ2v) is 7.76. The van der Waals surface area contributed by atoms with Gasteiger partial charge in [-0.25, -0.2) is 0 Å². The van der Waals surface area contributed by atoms with Crippen molar-refractivity contribution in [1.29, 1.82) is 0 Å². The molecule has 1 heterocycles. The summed E-state index contributed by atoms with van der Waals surface area (Å²) >= 11 is 0. The molecule has 1 N–H and O–H groups in total. The van der Waals surface area contributed by atoms with Crippen molar-refractivity contribution in [2.45, 2.75) is 45.6 Å². The molecule has 0 aromatic heterocycles. The molecule has 4 rings (SSSR count). The van der Waals surface area contributed by atoms with Crippen LogP contribution in [0.5, 0.6) is 0 Å². The molecular weight excluding hydrogens is 228 g/mol. The summed E-state index contributed by atoms with van der Waals surface area (Å²) < 4.78 is 5.25. The maximum absolute atomic E-state index is 12.1. The summed E-state index contributed by atoms with van der Waals surface area (Å²) in [4.78, 5) is 12.1. The van der Waals surface area contributed by atoms with Crippen LogP contribution in [-0.2, 0) is 9.53 Å². The predicted molar refractivity (Wildman–Crippen MR) is 65.7 cm³/mol. The lowest BCUT2D eigenvalue weighted by molar-refractivity contribution is -0.147. The van der Waals surface area contributed by atoms with Gasteiger partial charge in [0.25, 0.3) is 0 Å². The van der Waals surface area contributed by atoms with E-state index < -0.39 is 11.0 Å². The van der Waals surface area contributed by atoms with E-state index in [4.69, 9.17) is 4.74 Å². The Balaban J connectivity index is 1.90. The molecule has 3 fully saturated rings. The van der Waals surface area contributed by atoms with Gasteiger partial charge in [-0.1, -0.05) is 26.8 Å². The van der Waals surface area contributed by atoms with Gasteiger partial charge in [0, 0.05) is 11.3 Å². The summed E-state index contributed by atoms with van der Waals surface area (Å²) in [5.74, 6) is 0.0884. The Kier molecular flexibility index (Phi) is 1.57. The van der Waals surface area contributed by atoms with Crippen molar-refractivity contribution in [3.63, 3.8) is 0 Å². The molecule has 4 aliphatic rings. The Bertz CT molecular complexity index is 506. The number of fused-ring (bicyclic) bond motifs is 2. The van der Waals surface area contributed by atoms with Crippen LogP contribution in [-0.4, -0.2) is 23.3 Å². The van der Waals surface area contributed by atoms with Gasteiger partial charge in [-0.3, -0.25) is 4.79 Å². The van der Waals surface area contributed by atoms with Gasteiger partial charge in [-0.15, -0.1) is 0 Å². The average molecular weight is 248 g/mol. The summed E-state index contributed by atoms with van der Waals surface area (Å²) in [7, 11) is 0. The Morgan fingerprint density at radius 3 is 2.78 bits per heavy atom. The van der Waals surface area contributed by atoms with Crippen molar-refractivity contribution in [2.24, 2.45) is 22.2 Å². The molecule has 98 valence electrons. The zero-order valence-corrected chi connectivity index (χ0v) is 11.2. The van der Waals surface area contributed by atoms with Crippen LogP contribution in [0.15, 0.2) is 11.6 Å². The van der Waals surface area contributed by atoms with Gasteiger partial charge in [0.2, 0.25) is 0 Å². The summed E-state index contributed by atoms with van der Waals surface area (Å²) in [6, 6.07) is 0. The molecule has 18 heavy (non-hydrogen) atoms. The number of cyclic esters (lactones) is 1. The first-order valence-corrected chi connectivity index (χ1v) is 6.86. The van der Waals surface area contributed by atoms with Gasteiger partial charge < -0.3 is 9.84 Å². The van der Waals surface area contributed by atoms with Crippen LogP contribution < -0.4 is 0 Å². The fourth-order valence-electron chi connectivity index (χ4n) is 5.23. The van der Waals surface area contributed by atoms with Crippen LogP contribution in [0.25, 0.3) is 0 Å². The SMILES string of the molecule is CC1(C)C[C@H]2C=C3COC(=O)[C@]34C[C@]4(C)[C@@]2(O)C1. The van der Waals surface area contributed by atoms with Crippen LogP contribution in [0.2, 0.25) is 0 Å². The van der Waals surface area contributed by atoms with Crippen molar-refractivity contribution in [3.8, 4) is 0 Å². The third-order valence-electron chi connectivity index (χ3n) is 6.18. The topological polar surface area (TPSA) is 46.5 Å². The van der Waals surface area contributed by atoms with E-state index in [1.807, 2.05) is 0 Å². The smallest absolute Gasteiger partial charge is 0.317 e. The molecule has 1 spiro atoms. The molecule has 1 saturated heterocycles. The van der Waals surface area contributed by atoms with Crippen molar-refractivity contribution in [1.82, 2.24) is 0 Å². The minimum Gasteiger partial charge on any atom is -0.460 e. The molecule has 4 atom stereocenters. The molecule has 0 amide bonds. The molecule has 3 aliphatic carbocycles. The van der Waals surface area contributed by atoms with Crippen molar-refractivity contribution in [3.05, 3.63) is 11.6 Å². The van der Waals surface area contributed by atoms with Gasteiger partial charge >= 0.3 is 5.97 Å². The summed E-state index contributed by atoms with van der Waals surface area (Å²) in [6.45, 7) is 6.96. The van der Waals surface area contributed by atoms with E-state index in [1.54, 1.807) is 0 Å². The Labute approximate surface area is 107 Å². The van der Waals surface area contributed by atoms with Crippen LogP contribution in [0.3, 0.4) is 0 Å². The highest BCUT2D eigenvalue weighted by Crippen LogP contribution is 2.80. The Morgan fingerprint density at radius 1 is 1.33 bits per heavy atom. The third kappa shape index (κ3) is 0.870. The number of rotatable bonds is 0. The Morgan fingerprint density at radius 2 is 2.06 bits per heavy atom. The number of ether oxygens (including phenoxy) is 1. The van der Waals surface area contributed by atoms with Crippen LogP contribution in [0, 0.1) is 22.2 Å². The van der Waals surface area contributed by atoms with Gasteiger partial charge in [0.05, 0.1) is 5.60 Å². The van der Waals surface area contributed by atoms with Crippen LogP contribution >= 0.6 is 0 Å². The number of aliphatic hydroxyl groups is 1. The first-order valence-electron chi connectivity index (χ1n) is 6.86. The molecule has 0 aromatic carbocycles. The second-order valence-electron chi connectivity index (χ2n) is 7.76. The second kappa shape index (κ2) is 2.55. The first-order chi connectivity index (χ1) is 8.25. The van der Waals surface area contributed by atoms with Gasteiger partial charge in [0.1, 0.15) is 12.0 Å². The maximum atomic E-state index is 12.1. The minimum absolute atomic E-state index is 0.104. The van der Waals surface area contributed by atoms with E-state index in [1.165, 1.54) is 0 Å². The fourth-order valence-corrected chi connectivity index (χ4v) is 5.23. The number of carbonyl (C=O) groups excluding carboxylic acids is 1. The molecule has 1 aliphatic heterocycles. The van der Waals surface area contributed by atoms with Gasteiger partial charge in [-0.05, 0) is 30.3 Å². The Hall–Kier alpha value is -0.830. The zero-order valence-electron chi connectivity index (χ0n) is 11.2. The van der Waals surface area contributed by atoms with E-state index in [-0.39, 0.29) is 22.7 Å². The van der Waals surface area contributed by atoms with E-state index in [0.717, 1.165) is 24.8 Å². The molecule has 0 aromatic rings. The maximum Gasteiger partial charge on any atom is 0.317 e. The molecule has 3 nitrogen and oxygen atoms in total. The van der Waals surface area contributed by atoms with E-state index in [2.05, 4.69) is 26.8 Å². The van der Waals surface area contributed by atoms with Crippen LogP contribution in [0.4, 0.5) is 0 Å². The summed E-state index contributed by atoms with van der Waals surface area (Å²) in [6.07, 6.45) is 4.73. The highest BCUT2D eigenvalue weighted by Gasteiger charge is 2.84. The normalized spacial score (nSPS) is 55.2. The van der Waals surface area contributed by atoms with E-state index >= 15 is 0 Å². The lowest BCUT2D eigenvalue weighted by Crippen LogP contribution is -2.48. The van der Waals surface area contributed by atoms with Gasteiger partial charge in [-0.2, -0.15) is 0 Å². The third-order valence-corrected chi connectivity index (χ3v) is 6.18. The number of hydrogen-bond donors (Lipinski definition) is 1. The minimum atomic E-state index is -0.719. The largest absolute Gasteiger partial charge is 0.460 e. The molecular formula is C15H20O3. The monoisotopic (exact) mass is 248 g/mol. The predicted octanol–water partition coefficient (Wildman–Crippen LogP) is 2.05.